The number of hydrogen-bond acceptors (Lipinski definition) is 2. The van der Waals surface area contributed by atoms with Crippen LogP contribution in [-0.4, -0.2) is 11.6 Å². The summed E-state index contributed by atoms with van der Waals surface area (Å²) in [5, 5.41) is 3.53. The van der Waals surface area contributed by atoms with Gasteiger partial charge < -0.3 is 10.1 Å². The fourth-order valence-electron chi connectivity index (χ4n) is 2.09. The molecule has 2 heteroatoms. The van der Waals surface area contributed by atoms with Gasteiger partial charge in [-0.25, -0.2) is 0 Å². The van der Waals surface area contributed by atoms with E-state index in [0.717, 1.165) is 18.3 Å². The summed E-state index contributed by atoms with van der Waals surface area (Å²) in [6.07, 6.45) is 6.96. The summed E-state index contributed by atoms with van der Waals surface area (Å²) in [5.41, 5.74) is 2.35. The maximum absolute atomic E-state index is 5.90. The molecule has 0 atom stereocenters. The van der Waals surface area contributed by atoms with Gasteiger partial charge in [0.05, 0.1) is 0 Å². The Bertz CT molecular complexity index is 458. The predicted octanol–water partition coefficient (Wildman–Crippen LogP) is 3.12. The number of rotatable bonds is 3. The van der Waals surface area contributed by atoms with Crippen LogP contribution in [0.4, 0.5) is 0 Å². The number of ether oxygens (including phenoxy) is 1. The zero-order valence-electron chi connectivity index (χ0n) is 10.5. The lowest BCUT2D eigenvalue weighted by Gasteiger charge is -2.28. The number of benzene rings is 1. The van der Waals surface area contributed by atoms with E-state index in [1.54, 1.807) is 0 Å². The minimum atomic E-state index is -0.180. The third-order valence-corrected chi connectivity index (χ3v) is 3.28. The molecule has 3 rings (SSSR count). The maximum Gasteiger partial charge on any atom is 0.127 e. The lowest BCUT2D eigenvalue weighted by molar-refractivity contribution is 0.159. The molecule has 0 spiro atoms. The molecule has 2 nitrogen and oxygen atoms in total. The zero-order valence-corrected chi connectivity index (χ0v) is 10.5. The predicted molar refractivity (Wildman–Crippen MR) is 70.0 cm³/mol. The topological polar surface area (TPSA) is 21.3 Å². The molecule has 1 heterocycles. The molecule has 0 bridgehead atoms. The first-order valence-electron chi connectivity index (χ1n) is 6.37. The molecular weight excluding hydrogens is 210 g/mol. The highest BCUT2D eigenvalue weighted by atomic mass is 16.5. The van der Waals surface area contributed by atoms with Crippen LogP contribution < -0.4 is 10.1 Å². The second-order valence-electron chi connectivity index (χ2n) is 5.57. The normalized spacial score (nSPS) is 20.8. The van der Waals surface area contributed by atoms with Crippen LogP contribution in [-0.2, 0) is 6.54 Å². The molecule has 1 N–H and O–H groups in total. The molecule has 1 fully saturated rings. The SMILES string of the molecule is CC1(C)C=Cc2cc(CNC3CC3)ccc2O1. The van der Waals surface area contributed by atoms with Gasteiger partial charge in [0, 0.05) is 18.2 Å². The fraction of sp³-hybridized carbons (Fsp3) is 0.467. The zero-order chi connectivity index (χ0) is 11.9. The van der Waals surface area contributed by atoms with Crippen LogP contribution in [0.15, 0.2) is 24.3 Å². The van der Waals surface area contributed by atoms with Gasteiger partial charge >= 0.3 is 0 Å². The first kappa shape index (κ1) is 10.8. The molecular formula is C15H19NO. The minimum Gasteiger partial charge on any atom is -0.483 e. The van der Waals surface area contributed by atoms with Gasteiger partial charge in [-0.3, -0.25) is 0 Å². The number of hydrogen-bond donors (Lipinski definition) is 1. The summed E-state index contributed by atoms with van der Waals surface area (Å²) in [6.45, 7) is 5.12. The molecule has 0 radical (unpaired) electrons. The van der Waals surface area contributed by atoms with Gasteiger partial charge in [0.2, 0.25) is 0 Å². The highest BCUT2D eigenvalue weighted by Crippen LogP contribution is 2.31. The Morgan fingerprint density at radius 2 is 2.18 bits per heavy atom. The molecule has 1 aliphatic heterocycles. The molecule has 1 aromatic rings. The van der Waals surface area contributed by atoms with Crippen molar-refractivity contribution >= 4 is 6.08 Å². The number of nitrogens with one attached hydrogen (secondary N) is 1. The van der Waals surface area contributed by atoms with E-state index in [0.29, 0.717) is 0 Å². The quantitative estimate of drug-likeness (QED) is 0.859. The van der Waals surface area contributed by atoms with Gasteiger partial charge in [0.25, 0.3) is 0 Å². The number of fused-ring (bicyclic) bond motifs is 1. The highest BCUT2D eigenvalue weighted by Gasteiger charge is 2.22. The van der Waals surface area contributed by atoms with Gasteiger partial charge in [-0.05, 0) is 50.5 Å². The highest BCUT2D eigenvalue weighted by molar-refractivity contribution is 5.61. The Morgan fingerprint density at radius 1 is 1.35 bits per heavy atom. The average Bonchev–Trinajstić information content (AvgIpc) is 3.09. The van der Waals surface area contributed by atoms with Crippen LogP contribution in [0.3, 0.4) is 0 Å². The summed E-state index contributed by atoms with van der Waals surface area (Å²) in [5.74, 6) is 0.993. The monoisotopic (exact) mass is 229 g/mol. The molecule has 2 aliphatic rings. The van der Waals surface area contributed by atoms with Crippen molar-refractivity contribution in [3.63, 3.8) is 0 Å². The van der Waals surface area contributed by atoms with Crippen molar-refractivity contribution in [3.8, 4) is 5.75 Å². The molecule has 0 aromatic heterocycles. The van der Waals surface area contributed by atoms with E-state index in [9.17, 15) is 0 Å². The summed E-state index contributed by atoms with van der Waals surface area (Å²) < 4.78 is 5.90. The van der Waals surface area contributed by atoms with Gasteiger partial charge in [0.15, 0.2) is 0 Å². The Balaban J connectivity index is 1.77. The van der Waals surface area contributed by atoms with E-state index in [-0.39, 0.29) is 5.60 Å². The third kappa shape index (κ3) is 2.52. The smallest absolute Gasteiger partial charge is 0.127 e. The average molecular weight is 229 g/mol. The van der Waals surface area contributed by atoms with Crippen molar-refractivity contribution in [3.05, 3.63) is 35.4 Å². The Kier molecular flexibility index (Phi) is 2.48. The van der Waals surface area contributed by atoms with Crippen LogP contribution >= 0.6 is 0 Å². The van der Waals surface area contributed by atoms with Crippen molar-refractivity contribution in [1.82, 2.24) is 5.32 Å². The Hall–Kier alpha value is -1.28. The summed E-state index contributed by atoms with van der Waals surface area (Å²) in [7, 11) is 0. The van der Waals surface area contributed by atoms with Crippen molar-refractivity contribution in [1.29, 1.82) is 0 Å². The van der Waals surface area contributed by atoms with Gasteiger partial charge in [0.1, 0.15) is 11.4 Å². The molecule has 90 valence electrons. The van der Waals surface area contributed by atoms with Crippen LogP contribution in [0.5, 0.6) is 5.75 Å². The fourth-order valence-corrected chi connectivity index (χ4v) is 2.09. The van der Waals surface area contributed by atoms with E-state index in [1.165, 1.54) is 24.0 Å². The third-order valence-electron chi connectivity index (χ3n) is 3.28. The second-order valence-corrected chi connectivity index (χ2v) is 5.57. The molecule has 1 saturated carbocycles. The molecule has 0 amide bonds. The van der Waals surface area contributed by atoms with Crippen molar-refractivity contribution in [2.75, 3.05) is 0 Å². The molecule has 1 aromatic carbocycles. The van der Waals surface area contributed by atoms with Crippen molar-refractivity contribution < 1.29 is 4.74 Å². The van der Waals surface area contributed by atoms with Crippen LogP contribution in [0, 0.1) is 0 Å². The Morgan fingerprint density at radius 3 is 2.94 bits per heavy atom. The van der Waals surface area contributed by atoms with Crippen LogP contribution in [0.2, 0.25) is 0 Å². The minimum absolute atomic E-state index is 0.180. The van der Waals surface area contributed by atoms with Crippen molar-refractivity contribution in [2.45, 2.75) is 44.9 Å². The summed E-state index contributed by atoms with van der Waals surface area (Å²) in [6, 6.07) is 7.22. The van der Waals surface area contributed by atoms with E-state index in [1.807, 2.05) is 0 Å². The van der Waals surface area contributed by atoms with Crippen LogP contribution in [0.1, 0.15) is 37.8 Å². The molecule has 1 aliphatic carbocycles. The standard InChI is InChI=1S/C15H19NO/c1-15(2)8-7-12-9-11(3-6-14(12)17-15)10-16-13-4-5-13/h3,6-9,13,16H,4-5,10H2,1-2H3. The Labute approximate surface area is 103 Å². The van der Waals surface area contributed by atoms with E-state index in [2.05, 4.69) is 49.5 Å². The van der Waals surface area contributed by atoms with E-state index >= 15 is 0 Å². The van der Waals surface area contributed by atoms with Gasteiger partial charge in [-0.15, -0.1) is 0 Å². The maximum atomic E-state index is 5.90. The van der Waals surface area contributed by atoms with Crippen molar-refractivity contribution in [2.24, 2.45) is 0 Å². The van der Waals surface area contributed by atoms with Gasteiger partial charge in [-0.1, -0.05) is 12.1 Å². The summed E-state index contributed by atoms with van der Waals surface area (Å²) >= 11 is 0. The molecule has 0 unspecified atom stereocenters. The molecule has 17 heavy (non-hydrogen) atoms. The largest absolute Gasteiger partial charge is 0.483 e. The van der Waals surface area contributed by atoms with E-state index < -0.39 is 0 Å². The lowest BCUT2D eigenvalue weighted by atomic mass is 10.0. The first-order valence-corrected chi connectivity index (χ1v) is 6.37. The van der Waals surface area contributed by atoms with E-state index in [4.69, 9.17) is 4.74 Å². The lowest BCUT2D eigenvalue weighted by Crippen LogP contribution is -2.27. The molecule has 0 saturated heterocycles. The summed E-state index contributed by atoms with van der Waals surface area (Å²) in [4.78, 5) is 0. The second kappa shape index (κ2) is 3.88. The van der Waals surface area contributed by atoms with Gasteiger partial charge in [-0.2, -0.15) is 0 Å². The first-order chi connectivity index (χ1) is 8.12. The van der Waals surface area contributed by atoms with Crippen LogP contribution in [0.25, 0.3) is 6.08 Å².